The molecule has 8 nitrogen and oxygen atoms in total. The molecule has 1 aliphatic rings. The number of non-ortho nitro benzene ring substituents is 1. The maximum atomic E-state index is 14.4. The normalized spacial score (nSPS) is 14.2. The number of ether oxygens (including phenoxy) is 2. The van der Waals surface area contributed by atoms with Crippen molar-refractivity contribution in [2.75, 3.05) is 12.0 Å². The van der Waals surface area contributed by atoms with Gasteiger partial charge in [-0.25, -0.2) is 0 Å². The van der Waals surface area contributed by atoms with E-state index in [0.29, 0.717) is 33.2 Å². The van der Waals surface area contributed by atoms with Gasteiger partial charge in [-0.3, -0.25) is 14.9 Å². The van der Waals surface area contributed by atoms with Gasteiger partial charge in [0.1, 0.15) is 12.8 Å². The summed E-state index contributed by atoms with van der Waals surface area (Å²) in [4.78, 5) is 29.5. The standard InChI is InChI=1S/C36H29BrClN3O5/c1-45-33-19-27(18-30(37)34(33)46-23-26-14-8-9-15-31(26)38)35-39(21-24-10-4-2-5-11-24)32-17-16-28(41(43)44)20-29(32)36(42)40(35)22-25-12-6-3-7-13-25/h2-20,35H,21-23H2,1H3/t35-/m0/s1. The van der Waals surface area contributed by atoms with E-state index >= 15 is 0 Å². The van der Waals surface area contributed by atoms with Crippen molar-refractivity contribution in [2.24, 2.45) is 0 Å². The second-order valence-corrected chi connectivity index (χ2v) is 12.0. The maximum Gasteiger partial charge on any atom is 0.270 e. The van der Waals surface area contributed by atoms with Gasteiger partial charge < -0.3 is 19.3 Å². The van der Waals surface area contributed by atoms with Crippen molar-refractivity contribution in [3.8, 4) is 11.5 Å². The number of rotatable bonds is 10. The Morgan fingerprint density at radius 3 is 2.11 bits per heavy atom. The van der Waals surface area contributed by atoms with Gasteiger partial charge in [0.2, 0.25) is 0 Å². The number of halogens is 2. The number of carbonyl (C=O) groups excluding carboxylic acids is 1. The van der Waals surface area contributed by atoms with Crippen LogP contribution in [0.3, 0.4) is 0 Å². The van der Waals surface area contributed by atoms with Crippen LogP contribution >= 0.6 is 27.5 Å². The summed E-state index contributed by atoms with van der Waals surface area (Å²) in [5.41, 5.74) is 4.24. The summed E-state index contributed by atoms with van der Waals surface area (Å²) < 4.78 is 12.7. The monoisotopic (exact) mass is 697 g/mol. The molecule has 5 aromatic carbocycles. The predicted octanol–water partition coefficient (Wildman–Crippen LogP) is 8.96. The Hall–Kier alpha value is -4.86. The highest BCUT2D eigenvalue weighted by Gasteiger charge is 2.40. The van der Waals surface area contributed by atoms with Crippen molar-refractivity contribution in [3.05, 3.63) is 163 Å². The molecule has 0 fully saturated rings. The van der Waals surface area contributed by atoms with Crippen LogP contribution in [0, 0.1) is 10.1 Å². The molecular weight excluding hydrogens is 670 g/mol. The summed E-state index contributed by atoms with van der Waals surface area (Å²) in [5, 5.41) is 12.4. The van der Waals surface area contributed by atoms with E-state index in [4.69, 9.17) is 21.1 Å². The van der Waals surface area contributed by atoms with Crippen molar-refractivity contribution in [2.45, 2.75) is 25.9 Å². The Balaban J connectivity index is 1.49. The van der Waals surface area contributed by atoms with Crippen molar-refractivity contribution < 1.29 is 19.2 Å². The van der Waals surface area contributed by atoms with Gasteiger partial charge in [0.15, 0.2) is 11.5 Å². The lowest BCUT2D eigenvalue weighted by Gasteiger charge is -2.46. The number of amides is 1. The van der Waals surface area contributed by atoms with Crippen LogP contribution in [0.1, 0.15) is 38.8 Å². The minimum atomic E-state index is -0.607. The molecule has 0 saturated heterocycles. The van der Waals surface area contributed by atoms with E-state index in [1.165, 1.54) is 12.1 Å². The molecule has 232 valence electrons. The first kappa shape index (κ1) is 31.1. The lowest BCUT2D eigenvalue weighted by Crippen LogP contribution is -2.48. The number of anilines is 1. The summed E-state index contributed by atoms with van der Waals surface area (Å²) in [5.74, 6) is 0.650. The van der Waals surface area contributed by atoms with Crippen LogP contribution in [-0.2, 0) is 19.7 Å². The van der Waals surface area contributed by atoms with Gasteiger partial charge in [0.25, 0.3) is 11.6 Å². The van der Waals surface area contributed by atoms with Crippen LogP contribution in [0.15, 0.2) is 120 Å². The summed E-state index contributed by atoms with van der Waals surface area (Å²) in [6.45, 7) is 0.921. The fourth-order valence-corrected chi connectivity index (χ4v) is 6.43. The Morgan fingerprint density at radius 1 is 0.848 bits per heavy atom. The first-order chi connectivity index (χ1) is 22.3. The molecule has 0 N–H and O–H groups in total. The Bertz CT molecular complexity index is 1890. The fourth-order valence-electron chi connectivity index (χ4n) is 5.67. The molecule has 5 aromatic rings. The minimum Gasteiger partial charge on any atom is -0.493 e. The van der Waals surface area contributed by atoms with Crippen LogP contribution in [0.2, 0.25) is 5.02 Å². The number of fused-ring (bicyclic) bond motifs is 1. The van der Waals surface area contributed by atoms with E-state index in [9.17, 15) is 14.9 Å². The van der Waals surface area contributed by atoms with E-state index < -0.39 is 11.1 Å². The molecule has 0 aliphatic carbocycles. The summed E-state index contributed by atoms with van der Waals surface area (Å²) in [6, 6.07) is 35.3. The first-order valence-corrected chi connectivity index (χ1v) is 15.7. The molecule has 0 bridgehead atoms. The molecule has 0 aromatic heterocycles. The maximum absolute atomic E-state index is 14.4. The van der Waals surface area contributed by atoms with E-state index in [0.717, 1.165) is 22.3 Å². The third-order valence-electron chi connectivity index (χ3n) is 7.85. The van der Waals surface area contributed by atoms with Crippen molar-refractivity contribution in [1.82, 2.24) is 4.90 Å². The summed E-state index contributed by atoms with van der Waals surface area (Å²) >= 11 is 10.1. The van der Waals surface area contributed by atoms with Gasteiger partial charge in [0, 0.05) is 35.8 Å². The molecule has 0 saturated carbocycles. The molecule has 0 spiro atoms. The zero-order valence-corrected chi connectivity index (χ0v) is 27.1. The SMILES string of the molecule is COc1cc([C@@H]2N(Cc3ccccc3)C(=O)c3cc([N+](=O)[O-])ccc3N2Cc2ccccc2)cc(Br)c1OCc1ccccc1Cl. The van der Waals surface area contributed by atoms with Crippen LogP contribution in [0.5, 0.6) is 11.5 Å². The second kappa shape index (κ2) is 13.6. The second-order valence-electron chi connectivity index (χ2n) is 10.8. The molecule has 1 amide bonds. The van der Waals surface area contributed by atoms with Crippen molar-refractivity contribution in [1.29, 1.82) is 0 Å². The minimum absolute atomic E-state index is 0.144. The lowest BCUT2D eigenvalue weighted by molar-refractivity contribution is -0.384. The van der Waals surface area contributed by atoms with Crippen LogP contribution in [-0.4, -0.2) is 22.8 Å². The average molecular weight is 699 g/mol. The van der Waals surface area contributed by atoms with Gasteiger partial charge in [-0.2, -0.15) is 0 Å². The zero-order chi connectivity index (χ0) is 32.2. The number of nitro groups is 1. The Morgan fingerprint density at radius 2 is 1.48 bits per heavy atom. The Labute approximate surface area is 280 Å². The number of hydrogen-bond donors (Lipinski definition) is 0. The fraction of sp³-hybridized carbons (Fsp3) is 0.139. The molecule has 6 rings (SSSR count). The average Bonchev–Trinajstić information content (AvgIpc) is 3.07. The quantitative estimate of drug-likeness (QED) is 0.107. The van der Waals surface area contributed by atoms with E-state index in [2.05, 4.69) is 20.8 Å². The Kier molecular flexibility index (Phi) is 9.23. The molecule has 46 heavy (non-hydrogen) atoms. The summed E-state index contributed by atoms with van der Waals surface area (Å²) in [6.07, 6.45) is -0.607. The van der Waals surface area contributed by atoms with Gasteiger partial charge in [0.05, 0.1) is 27.8 Å². The topological polar surface area (TPSA) is 85.1 Å². The molecule has 10 heteroatoms. The van der Waals surface area contributed by atoms with Crippen molar-refractivity contribution in [3.63, 3.8) is 0 Å². The van der Waals surface area contributed by atoms with E-state index in [1.807, 2.05) is 97.1 Å². The van der Waals surface area contributed by atoms with Gasteiger partial charge in [-0.1, -0.05) is 90.5 Å². The van der Waals surface area contributed by atoms with Crippen LogP contribution in [0.25, 0.3) is 0 Å². The number of hydrogen-bond acceptors (Lipinski definition) is 6. The summed E-state index contributed by atoms with van der Waals surface area (Å²) in [7, 11) is 1.57. The third kappa shape index (κ3) is 6.42. The van der Waals surface area contributed by atoms with E-state index in [1.54, 1.807) is 18.1 Å². The van der Waals surface area contributed by atoms with Crippen LogP contribution in [0.4, 0.5) is 11.4 Å². The predicted molar refractivity (Wildman–Crippen MR) is 181 cm³/mol. The smallest absolute Gasteiger partial charge is 0.270 e. The third-order valence-corrected chi connectivity index (χ3v) is 8.81. The van der Waals surface area contributed by atoms with Gasteiger partial charge in [-0.05, 0) is 56.9 Å². The zero-order valence-electron chi connectivity index (χ0n) is 24.8. The first-order valence-electron chi connectivity index (χ1n) is 14.5. The molecule has 1 atom stereocenters. The molecule has 1 heterocycles. The number of nitro benzene ring substituents is 1. The largest absolute Gasteiger partial charge is 0.493 e. The van der Waals surface area contributed by atoms with E-state index in [-0.39, 0.29) is 30.3 Å². The highest BCUT2D eigenvalue weighted by molar-refractivity contribution is 9.10. The highest BCUT2D eigenvalue weighted by atomic mass is 79.9. The van der Waals surface area contributed by atoms with Crippen LogP contribution < -0.4 is 14.4 Å². The highest BCUT2D eigenvalue weighted by Crippen LogP contribution is 2.46. The van der Waals surface area contributed by atoms with Crippen molar-refractivity contribution >= 4 is 44.8 Å². The number of benzene rings is 5. The molecule has 0 radical (unpaired) electrons. The van der Waals surface area contributed by atoms with Gasteiger partial charge in [-0.15, -0.1) is 0 Å². The molecule has 1 aliphatic heterocycles. The molecular formula is C36H29BrClN3O5. The van der Waals surface area contributed by atoms with Gasteiger partial charge >= 0.3 is 0 Å². The molecule has 0 unspecified atom stereocenters. The number of nitrogens with zero attached hydrogens (tertiary/aromatic N) is 3. The number of carbonyl (C=O) groups is 1. The number of methoxy groups -OCH3 is 1. The lowest BCUT2D eigenvalue weighted by atomic mass is 9.98.